The molecule has 0 radical (unpaired) electrons. The maximum Gasteiger partial charge on any atom is 0.216 e. The summed E-state index contributed by atoms with van der Waals surface area (Å²) in [6.07, 6.45) is 1.42. The molecule has 2 aromatic heterocycles. The van der Waals surface area contributed by atoms with E-state index >= 15 is 0 Å². The molecule has 1 aromatic carbocycles. The van der Waals surface area contributed by atoms with Gasteiger partial charge in [-0.1, -0.05) is 22.0 Å². The fourth-order valence-electron chi connectivity index (χ4n) is 1.70. The van der Waals surface area contributed by atoms with Crippen LogP contribution in [0.1, 0.15) is 5.56 Å². The first-order valence-electron chi connectivity index (χ1n) is 5.86. The molecule has 1 N–H and O–H groups in total. The number of thiophene rings is 1. The van der Waals surface area contributed by atoms with Gasteiger partial charge in [-0.05, 0) is 41.9 Å². The quantitative estimate of drug-likeness (QED) is 0.537. The average Bonchev–Trinajstić information content (AvgIpc) is 3.09. The molecule has 0 bridgehead atoms. The molecule has 2 heterocycles. The molecular weight excluding hydrogens is 375 g/mol. The van der Waals surface area contributed by atoms with Gasteiger partial charge in [0.05, 0.1) is 11.1 Å². The van der Waals surface area contributed by atoms with Crippen molar-refractivity contribution in [3.05, 3.63) is 56.3 Å². The summed E-state index contributed by atoms with van der Waals surface area (Å²) < 4.78 is 16.3. The molecule has 0 aliphatic rings. The van der Waals surface area contributed by atoms with Crippen molar-refractivity contribution < 1.29 is 4.39 Å². The number of benzene rings is 1. The Labute approximate surface area is 137 Å². The van der Waals surface area contributed by atoms with Crippen molar-refractivity contribution in [1.82, 2.24) is 14.9 Å². The molecule has 106 valence electrons. The van der Waals surface area contributed by atoms with Gasteiger partial charge in [-0.2, -0.15) is 14.9 Å². The van der Waals surface area contributed by atoms with Crippen LogP contribution in [0.15, 0.2) is 45.3 Å². The summed E-state index contributed by atoms with van der Waals surface area (Å²) in [6, 6.07) is 8.49. The van der Waals surface area contributed by atoms with E-state index in [0.717, 1.165) is 9.35 Å². The van der Waals surface area contributed by atoms with Crippen molar-refractivity contribution in [2.45, 2.75) is 0 Å². The molecule has 0 aliphatic heterocycles. The van der Waals surface area contributed by atoms with Gasteiger partial charge in [-0.15, -0.1) is 11.3 Å². The smallest absolute Gasteiger partial charge is 0.216 e. The summed E-state index contributed by atoms with van der Waals surface area (Å²) in [5.74, 6) is 0.247. The Kier molecular flexibility index (Phi) is 4.09. The zero-order valence-corrected chi connectivity index (χ0v) is 13.7. The molecule has 0 unspecified atom stereocenters. The summed E-state index contributed by atoms with van der Waals surface area (Å²) in [5.41, 5.74) is 0.365. The van der Waals surface area contributed by atoms with E-state index in [1.165, 1.54) is 28.3 Å². The van der Waals surface area contributed by atoms with Crippen LogP contribution in [0.3, 0.4) is 0 Å². The third-order valence-electron chi connectivity index (χ3n) is 2.66. The van der Waals surface area contributed by atoms with Gasteiger partial charge in [0.25, 0.3) is 0 Å². The molecule has 21 heavy (non-hydrogen) atoms. The van der Waals surface area contributed by atoms with Crippen molar-refractivity contribution in [3.63, 3.8) is 0 Å². The summed E-state index contributed by atoms with van der Waals surface area (Å²) in [4.78, 5) is 0.925. The third kappa shape index (κ3) is 3.02. The van der Waals surface area contributed by atoms with E-state index in [1.807, 2.05) is 17.5 Å². The molecule has 3 rings (SSSR count). The fraction of sp³-hybridized carbons (Fsp3) is 0. The van der Waals surface area contributed by atoms with Crippen molar-refractivity contribution in [3.8, 4) is 10.7 Å². The predicted molar refractivity (Wildman–Crippen MR) is 87.8 cm³/mol. The molecule has 0 amide bonds. The molecule has 4 nitrogen and oxygen atoms in total. The van der Waals surface area contributed by atoms with Crippen molar-refractivity contribution in [2.24, 2.45) is 5.10 Å². The van der Waals surface area contributed by atoms with E-state index < -0.39 is 0 Å². The second-order valence-corrected chi connectivity index (χ2v) is 6.30. The van der Waals surface area contributed by atoms with Crippen molar-refractivity contribution in [1.29, 1.82) is 0 Å². The third-order valence-corrected chi connectivity index (χ3v) is 4.29. The van der Waals surface area contributed by atoms with Gasteiger partial charge in [0.1, 0.15) is 5.82 Å². The largest absolute Gasteiger partial charge is 0.250 e. The minimum absolute atomic E-state index is 0.352. The minimum Gasteiger partial charge on any atom is -0.250 e. The van der Waals surface area contributed by atoms with Gasteiger partial charge in [-0.3, -0.25) is 0 Å². The number of hydrogen-bond acceptors (Lipinski definition) is 4. The Balaban J connectivity index is 2.02. The first-order chi connectivity index (χ1) is 10.1. The number of halogens is 2. The summed E-state index contributed by atoms with van der Waals surface area (Å²) in [7, 11) is 0. The number of aromatic nitrogens is 3. The van der Waals surface area contributed by atoms with Crippen LogP contribution in [0.5, 0.6) is 0 Å². The monoisotopic (exact) mass is 382 g/mol. The Morgan fingerprint density at radius 2 is 2.29 bits per heavy atom. The molecule has 0 aliphatic carbocycles. The van der Waals surface area contributed by atoms with Crippen LogP contribution in [0, 0.1) is 10.6 Å². The SMILES string of the molecule is Fc1ccc(Br)cc1/C=N\n1c(-c2cccs2)n[nH]c1=S. The molecular formula is C13H8BrFN4S2. The molecule has 0 atom stereocenters. The highest BCUT2D eigenvalue weighted by molar-refractivity contribution is 9.10. The predicted octanol–water partition coefficient (Wildman–Crippen LogP) is 4.45. The van der Waals surface area contributed by atoms with Crippen LogP contribution in [0.2, 0.25) is 0 Å². The first kappa shape index (κ1) is 14.3. The lowest BCUT2D eigenvalue weighted by Crippen LogP contribution is -1.95. The van der Waals surface area contributed by atoms with Crippen LogP contribution < -0.4 is 0 Å². The molecule has 3 aromatic rings. The molecule has 0 spiro atoms. The van der Waals surface area contributed by atoms with Crippen molar-refractivity contribution >= 4 is 45.7 Å². The topological polar surface area (TPSA) is 46.0 Å². The van der Waals surface area contributed by atoms with Gasteiger partial charge < -0.3 is 0 Å². The molecule has 8 heteroatoms. The molecule has 0 fully saturated rings. The van der Waals surface area contributed by atoms with Crippen LogP contribution in [-0.4, -0.2) is 21.1 Å². The summed E-state index contributed by atoms with van der Waals surface area (Å²) in [5, 5.41) is 13.0. The van der Waals surface area contributed by atoms with Gasteiger partial charge >= 0.3 is 0 Å². The Bertz CT molecular complexity index is 851. The highest BCUT2D eigenvalue weighted by Crippen LogP contribution is 2.22. The lowest BCUT2D eigenvalue weighted by molar-refractivity contribution is 0.625. The maximum atomic E-state index is 13.7. The Morgan fingerprint density at radius 3 is 3.05 bits per heavy atom. The van der Waals surface area contributed by atoms with Crippen LogP contribution in [0.25, 0.3) is 10.7 Å². The number of aromatic amines is 1. The Hall–Kier alpha value is -1.64. The second kappa shape index (κ2) is 6.00. The van der Waals surface area contributed by atoms with Gasteiger partial charge in [0, 0.05) is 10.0 Å². The zero-order chi connectivity index (χ0) is 14.8. The number of nitrogens with zero attached hydrogens (tertiary/aromatic N) is 3. The lowest BCUT2D eigenvalue weighted by atomic mass is 10.2. The van der Waals surface area contributed by atoms with Gasteiger partial charge in [0.15, 0.2) is 5.82 Å². The first-order valence-corrected chi connectivity index (χ1v) is 7.94. The summed E-state index contributed by atoms with van der Waals surface area (Å²) >= 11 is 9.98. The van der Waals surface area contributed by atoms with E-state index in [-0.39, 0.29) is 5.82 Å². The number of nitrogens with one attached hydrogen (secondary N) is 1. The lowest BCUT2D eigenvalue weighted by Gasteiger charge is -1.99. The number of H-pyrrole nitrogens is 1. The Morgan fingerprint density at radius 1 is 1.43 bits per heavy atom. The fourth-order valence-corrected chi connectivity index (χ4v) is 2.95. The van der Waals surface area contributed by atoms with E-state index in [9.17, 15) is 4.39 Å². The van der Waals surface area contributed by atoms with Crippen LogP contribution in [-0.2, 0) is 0 Å². The van der Waals surface area contributed by atoms with Gasteiger partial charge in [-0.25, -0.2) is 9.49 Å². The van der Waals surface area contributed by atoms with E-state index in [0.29, 0.717) is 16.2 Å². The van der Waals surface area contributed by atoms with E-state index in [1.54, 1.807) is 12.1 Å². The average molecular weight is 383 g/mol. The second-order valence-electron chi connectivity index (χ2n) is 4.05. The number of rotatable bonds is 3. The zero-order valence-electron chi connectivity index (χ0n) is 10.5. The molecule has 0 saturated carbocycles. The highest BCUT2D eigenvalue weighted by Gasteiger charge is 2.09. The van der Waals surface area contributed by atoms with E-state index in [2.05, 4.69) is 31.2 Å². The summed E-state index contributed by atoms with van der Waals surface area (Å²) in [6.45, 7) is 0. The van der Waals surface area contributed by atoms with Crippen molar-refractivity contribution in [2.75, 3.05) is 0 Å². The standard InChI is InChI=1S/C13H8BrFN4S2/c14-9-3-4-10(15)8(6-9)7-16-19-12(17-18-13(19)20)11-2-1-5-21-11/h1-7H,(H,18,20)/b16-7-. The normalized spacial score (nSPS) is 11.3. The maximum absolute atomic E-state index is 13.7. The van der Waals surface area contributed by atoms with Gasteiger partial charge in [0.2, 0.25) is 4.77 Å². The minimum atomic E-state index is -0.352. The van der Waals surface area contributed by atoms with Crippen LogP contribution >= 0.6 is 39.5 Å². The number of hydrogen-bond donors (Lipinski definition) is 1. The van der Waals surface area contributed by atoms with E-state index in [4.69, 9.17) is 12.2 Å². The molecule has 0 saturated heterocycles. The van der Waals surface area contributed by atoms with Crippen LogP contribution in [0.4, 0.5) is 4.39 Å². The highest BCUT2D eigenvalue weighted by atomic mass is 79.9.